The largest absolute Gasteiger partial charge is 0.378 e. The van der Waals surface area contributed by atoms with Gasteiger partial charge in [-0.05, 0) is 30.3 Å². The fourth-order valence-corrected chi connectivity index (χ4v) is 3.12. The number of pyridine rings is 1. The van der Waals surface area contributed by atoms with Gasteiger partial charge in [-0.15, -0.1) is 0 Å². The first kappa shape index (κ1) is 19.4. The smallest absolute Gasteiger partial charge is 0.259 e. The zero-order valence-corrected chi connectivity index (χ0v) is 16.0. The van der Waals surface area contributed by atoms with Crippen molar-refractivity contribution < 1.29 is 9.53 Å². The number of aromatic amines is 1. The number of ether oxygens (including phenoxy) is 1. The summed E-state index contributed by atoms with van der Waals surface area (Å²) in [4.78, 5) is 37.2. The molecule has 10 nitrogen and oxygen atoms in total. The monoisotopic (exact) mass is 405 g/mol. The summed E-state index contributed by atoms with van der Waals surface area (Å²) >= 11 is 0. The number of benzene rings is 1. The minimum atomic E-state index is -0.406. The van der Waals surface area contributed by atoms with Gasteiger partial charge in [-0.3, -0.25) is 9.59 Å². The van der Waals surface area contributed by atoms with Crippen LogP contribution in [0.4, 0.5) is 5.69 Å². The summed E-state index contributed by atoms with van der Waals surface area (Å²) in [6.45, 7) is 2.27. The molecule has 1 aromatic carbocycles. The number of anilines is 1. The lowest BCUT2D eigenvalue weighted by atomic mass is 10.1. The Morgan fingerprint density at radius 2 is 2.03 bits per heavy atom. The molecule has 1 amide bonds. The summed E-state index contributed by atoms with van der Waals surface area (Å²) in [5, 5.41) is 7.11. The first-order valence-electron chi connectivity index (χ1n) is 9.30. The average Bonchev–Trinajstić information content (AvgIpc) is 2.80. The predicted octanol–water partition coefficient (Wildman–Crippen LogP) is 2.23. The second kappa shape index (κ2) is 8.62. The molecule has 10 heteroatoms. The molecular weight excluding hydrogens is 386 g/mol. The van der Waals surface area contributed by atoms with Crippen LogP contribution in [0.5, 0.6) is 0 Å². The molecule has 1 aliphatic rings. The van der Waals surface area contributed by atoms with Crippen molar-refractivity contribution >= 4 is 28.3 Å². The molecule has 1 fully saturated rings. The Morgan fingerprint density at radius 3 is 2.77 bits per heavy atom. The molecule has 0 aliphatic carbocycles. The van der Waals surface area contributed by atoms with Crippen LogP contribution in [0.15, 0.2) is 59.0 Å². The number of H-pyrrole nitrogens is 1. The number of carbonyl (C=O) groups is 1. The molecule has 1 aliphatic heterocycles. The van der Waals surface area contributed by atoms with Crippen molar-refractivity contribution in [1.82, 2.24) is 19.9 Å². The van der Waals surface area contributed by atoms with Gasteiger partial charge in [0.2, 0.25) is 0 Å². The van der Waals surface area contributed by atoms with E-state index in [1.807, 2.05) is 0 Å². The van der Waals surface area contributed by atoms with Crippen molar-refractivity contribution in [3.8, 4) is 0 Å². The second-order valence-electron chi connectivity index (χ2n) is 6.61. The van der Waals surface area contributed by atoms with E-state index in [1.165, 1.54) is 12.5 Å². The third-order valence-electron chi connectivity index (χ3n) is 4.72. The Hall–Kier alpha value is -3.92. The first-order chi connectivity index (χ1) is 14.7. The van der Waals surface area contributed by atoms with Crippen molar-refractivity contribution in [3.63, 3.8) is 0 Å². The van der Waals surface area contributed by atoms with Gasteiger partial charge < -0.3 is 19.9 Å². The van der Waals surface area contributed by atoms with E-state index in [4.69, 9.17) is 10.3 Å². The normalized spacial score (nSPS) is 14.5. The van der Waals surface area contributed by atoms with Gasteiger partial charge in [0.15, 0.2) is 0 Å². The van der Waals surface area contributed by atoms with Crippen molar-refractivity contribution in [2.75, 3.05) is 31.6 Å². The number of nitrogens with one attached hydrogen (secondary N) is 3. The molecule has 1 saturated heterocycles. The molecule has 0 radical (unpaired) electrons. The Balaban J connectivity index is 1.52. The zero-order chi connectivity index (χ0) is 20.9. The molecule has 3 aromatic rings. The van der Waals surface area contributed by atoms with Gasteiger partial charge in [-0.25, -0.2) is 15.5 Å². The molecule has 4 rings (SSSR count). The number of nitrogens with zero attached hydrogens (tertiary/aromatic N) is 4. The van der Waals surface area contributed by atoms with Gasteiger partial charge in [-0.2, -0.15) is 5.11 Å². The van der Waals surface area contributed by atoms with E-state index in [1.54, 1.807) is 41.4 Å². The Kier molecular flexibility index (Phi) is 5.57. The number of hydrogen-bond donors (Lipinski definition) is 3. The van der Waals surface area contributed by atoms with Crippen molar-refractivity contribution in [3.05, 3.63) is 70.5 Å². The van der Waals surface area contributed by atoms with Crippen LogP contribution in [0.3, 0.4) is 0 Å². The summed E-state index contributed by atoms with van der Waals surface area (Å²) in [5.74, 6) is -0.0350. The highest BCUT2D eigenvalue weighted by molar-refractivity contribution is 5.94. The Bertz CT molecular complexity index is 1160. The van der Waals surface area contributed by atoms with Crippen LogP contribution in [0, 0.1) is 5.53 Å². The van der Waals surface area contributed by atoms with Gasteiger partial charge in [0.05, 0.1) is 18.8 Å². The molecule has 0 spiro atoms. The fraction of sp³-hybridized carbons (Fsp3) is 0.200. The average molecular weight is 405 g/mol. The van der Waals surface area contributed by atoms with E-state index in [-0.39, 0.29) is 17.2 Å². The highest BCUT2D eigenvalue weighted by Crippen LogP contribution is 2.17. The standard InChI is InChI=1S/C20H19N7O3/c21-26-17(16-9-14-10-22-12-24-18(14)25-19(16)28)11-23-15-3-1-13(2-4-15)20(29)27-5-7-30-8-6-27/h1-4,9-12,21,23H,5-8H2,(H,22,24,25,28)/b17-11-,26-21?. The maximum absolute atomic E-state index is 12.5. The third kappa shape index (κ3) is 4.08. The Morgan fingerprint density at radius 1 is 1.27 bits per heavy atom. The third-order valence-corrected chi connectivity index (χ3v) is 4.72. The highest BCUT2D eigenvalue weighted by atomic mass is 16.5. The highest BCUT2D eigenvalue weighted by Gasteiger charge is 2.18. The molecule has 0 saturated carbocycles. The molecule has 0 unspecified atom stereocenters. The number of fused-ring (bicyclic) bond motifs is 1. The van der Waals surface area contributed by atoms with Gasteiger partial charge in [0.1, 0.15) is 17.7 Å². The van der Waals surface area contributed by atoms with Crippen LogP contribution in [0.2, 0.25) is 0 Å². The van der Waals surface area contributed by atoms with Crippen molar-refractivity contribution in [1.29, 1.82) is 5.53 Å². The topological polar surface area (TPSA) is 136 Å². The number of rotatable bonds is 5. The maximum Gasteiger partial charge on any atom is 0.259 e. The number of aromatic nitrogens is 3. The quantitative estimate of drug-likeness (QED) is 0.557. The zero-order valence-electron chi connectivity index (χ0n) is 16.0. The second-order valence-corrected chi connectivity index (χ2v) is 6.61. The van der Waals surface area contributed by atoms with Crippen LogP contribution < -0.4 is 10.9 Å². The van der Waals surface area contributed by atoms with Crippen LogP contribution >= 0.6 is 0 Å². The predicted molar refractivity (Wildman–Crippen MR) is 110 cm³/mol. The lowest BCUT2D eigenvalue weighted by molar-refractivity contribution is 0.0303. The number of morpholine rings is 1. The fourth-order valence-electron chi connectivity index (χ4n) is 3.12. The van der Waals surface area contributed by atoms with Crippen LogP contribution in [0.1, 0.15) is 15.9 Å². The number of hydrogen-bond acceptors (Lipinski definition) is 8. The molecule has 3 heterocycles. The van der Waals surface area contributed by atoms with Gasteiger partial charge in [0, 0.05) is 42.1 Å². The molecular formula is C20H19N7O3. The maximum atomic E-state index is 12.5. The van der Waals surface area contributed by atoms with E-state index >= 15 is 0 Å². The summed E-state index contributed by atoms with van der Waals surface area (Å²) < 4.78 is 5.27. The van der Waals surface area contributed by atoms with Gasteiger partial charge in [0.25, 0.3) is 11.5 Å². The van der Waals surface area contributed by atoms with Crippen LogP contribution in [0.25, 0.3) is 16.7 Å². The number of amides is 1. The van der Waals surface area contributed by atoms with E-state index in [9.17, 15) is 9.59 Å². The minimum Gasteiger partial charge on any atom is -0.378 e. The van der Waals surface area contributed by atoms with Gasteiger partial charge >= 0.3 is 0 Å². The van der Waals surface area contributed by atoms with E-state index in [0.717, 1.165) is 0 Å². The molecule has 2 aromatic heterocycles. The SMILES string of the molecule is N=N/C(=C\Nc1ccc(C(=O)N2CCOCC2)cc1)c1cc2cncnc2[nH]c1=O. The summed E-state index contributed by atoms with van der Waals surface area (Å²) in [6, 6.07) is 8.55. The van der Waals surface area contributed by atoms with E-state index < -0.39 is 5.56 Å². The van der Waals surface area contributed by atoms with Gasteiger partial charge in [-0.1, -0.05) is 0 Å². The lowest BCUT2D eigenvalue weighted by Crippen LogP contribution is -2.40. The van der Waals surface area contributed by atoms with Crippen molar-refractivity contribution in [2.24, 2.45) is 5.11 Å². The first-order valence-corrected chi connectivity index (χ1v) is 9.30. The minimum absolute atomic E-state index is 0.0350. The molecule has 30 heavy (non-hydrogen) atoms. The summed E-state index contributed by atoms with van der Waals surface area (Å²) in [6.07, 6.45) is 4.38. The molecule has 3 N–H and O–H groups in total. The van der Waals surface area contributed by atoms with Crippen LogP contribution in [-0.4, -0.2) is 52.1 Å². The van der Waals surface area contributed by atoms with Crippen molar-refractivity contribution in [2.45, 2.75) is 0 Å². The molecule has 0 atom stereocenters. The lowest BCUT2D eigenvalue weighted by Gasteiger charge is -2.26. The van der Waals surface area contributed by atoms with E-state index in [2.05, 4.69) is 25.4 Å². The summed E-state index contributed by atoms with van der Waals surface area (Å²) in [5.41, 5.74) is 9.10. The number of carbonyl (C=O) groups excluding carboxylic acids is 1. The summed E-state index contributed by atoms with van der Waals surface area (Å²) in [7, 11) is 0. The molecule has 0 bridgehead atoms. The molecule has 152 valence electrons. The van der Waals surface area contributed by atoms with E-state index in [0.29, 0.717) is 48.6 Å². The van der Waals surface area contributed by atoms with Crippen LogP contribution in [-0.2, 0) is 4.74 Å². The Labute approximate surface area is 171 Å².